The number of rotatable bonds is 2. The van der Waals surface area contributed by atoms with Crippen molar-refractivity contribution < 1.29 is 4.74 Å². The molecule has 2 rings (SSSR count). The number of hydrogen-bond acceptors (Lipinski definition) is 3. The third kappa shape index (κ3) is 2.96. The molecule has 0 aromatic heterocycles. The average molecular weight is 226 g/mol. The Balaban J connectivity index is 1.93. The van der Waals surface area contributed by atoms with Crippen molar-refractivity contribution in [3.05, 3.63) is 0 Å². The van der Waals surface area contributed by atoms with E-state index in [1.807, 2.05) is 0 Å². The minimum Gasteiger partial charge on any atom is -0.380 e. The highest BCUT2D eigenvalue weighted by molar-refractivity contribution is 4.89. The first-order chi connectivity index (χ1) is 7.81. The number of hydrogen-bond donors (Lipinski definition) is 1. The van der Waals surface area contributed by atoms with Crippen LogP contribution in [0.1, 0.15) is 39.0 Å². The predicted molar refractivity (Wildman–Crippen MR) is 66.4 cm³/mol. The van der Waals surface area contributed by atoms with Gasteiger partial charge in [0.15, 0.2) is 0 Å². The second-order valence-corrected chi connectivity index (χ2v) is 5.32. The Morgan fingerprint density at radius 2 is 2.12 bits per heavy atom. The van der Waals surface area contributed by atoms with Gasteiger partial charge in [-0.3, -0.25) is 4.90 Å². The molecule has 0 spiro atoms. The SMILES string of the molecule is CCC1CCC(N)C(N2CCCOCC2)C1. The maximum Gasteiger partial charge on any atom is 0.0593 e. The van der Waals surface area contributed by atoms with Crippen molar-refractivity contribution in [3.8, 4) is 0 Å². The lowest BCUT2D eigenvalue weighted by Crippen LogP contribution is -2.51. The van der Waals surface area contributed by atoms with Gasteiger partial charge in [-0.05, 0) is 31.6 Å². The van der Waals surface area contributed by atoms with E-state index in [0.29, 0.717) is 12.1 Å². The third-order valence-corrected chi connectivity index (χ3v) is 4.28. The average Bonchev–Trinajstić information content (AvgIpc) is 2.58. The number of nitrogens with zero attached hydrogens (tertiary/aromatic N) is 1. The molecule has 1 saturated heterocycles. The summed E-state index contributed by atoms with van der Waals surface area (Å²) in [6.07, 6.45) is 6.32. The molecule has 16 heavy (non-hydrogen) atoms. The molecule has 3 heteroatoms. The molecular formula is C13H26N2O. The quantitative estimate of drug-likeness (QED) is 0.777. The van der Waals surface area contributed by atoms with E-state index >= 15 is 0 Å². The van der Waals surface area contributed by atoms with Crippen molar-refractivity contribution in [2.45, 2.75) is 51.1 Å². The van der Waals surface area contributed by atoms with Crippen molar-refractivity contribution in [1.29, 1.82) is 0 Å². The van der Waals surface area contributed by atoms with Gasteiger partial charge < -0.3 is 10.5 Å². The minimum atomic E-state index is 0.390. The van der Waals surface area contributed by atoms with E-state index in [9.17, 15) is 0 Å². The lowest BCUT2D eigenvalue weighted by Gasteiger charge is -2.40. The molecule has 0 radical (unpaired) electrons. The third-order valence-electron chi connectivity index (χ3n) is 4.28. The fraction of sp³-hybridized carbons (Fsp3) is 1.00. The summed E-state index contributed by atoms with van der Waals surface area (Å²) in [5.74, 6) is 0.897. The molecule has 2 N–H and O–H groups in total. The van der Waals surface area contributed by atoms with E-state index in [1.54, 1.807) is 0 Å². The van der Waals surface area contributed by atoms with Crippen LogP contribution in [0.2, 0.25) is 0 Å². The molecule has 0 aromatic rings. The van der Waals surface area contributed by atoms with Crippen molar-refractivity contribution in [2.24, 2.45) is 11.7 Å². The van der Waals surface area contributed by atoms with Gasteiger partial charge in [-0.1, -0.05) is 13.3 Å². The summed E-state index contributed by atoms with van der Waals surface area (Å²) in [4.78, 5) is 2.58. The van der Waals surface area contributed by atoms with E-state index in [1.165, 1.54) is 38.6 Å². The van der Waals surface area contributed by atoms with Gasteiger partial charge in [-0.2, -0.15) is 0 Å². The molecule has 2 fully saturated rings. The fourth-order valence-corrected chi connectivity index (χ4v) is 3.14. The van der Waals surface area contributed by atoms with Crippen LogP contribution in [0.3, 0.4) is 0 Å². The van der Waals surface area contributed by atoms with E-state index < -0.39 is 0 Å². The normalized spacial score (nSPS) is 38.2. The molecule has 2 aliphatic rings. The Labute approximate surface area is 99.3 Å². The van der Waals surface area contributed by atoms with E-state index in [-0.39, 0.29) is 0 Å². The lowest BCUT2D eigenvalue weighted by molar-refractivity contribution is 0.0967. The van der Waals surface area contributed by atoms with Gasteiger partial charge in [-0.15, -0.1) is 0 Å². The molecule has 0 amide bonds. The highest BCUT2D eigenvalue weighted by Gasteiger charge is 2.31. The molecular weight excluding hydrogens is 200 g/mol. The summed E-state index contributed by atoms with van der Waals surface area (Å²) < 4.78 is 5.52. The van der Waals surface area contributed by atoms with Gasteiger partial charge in [0.2, 0.25) is 0 Å². The van der Waals surface area contributed by atoms with E-state index in [2.05, 4.69) is 11.8 Å². The van der Waals surface area contributed by atoms with Gasteiger partial charge in [0.25, 0.3) is 0 Å². The van der Waals surface area contributed by atoms with Crippen LogP contribution < -0.4 is 5.73 Å². The highest BCUT2D eigenvalue weighted by Crippen LogP contribution is 2.29. The van der Waals surface area contributed by atoms with Crippen LogP contribution in [0.15, 0.2) is 0 Å². The Bertz CT molecular complexity index is 202. The summed E-state index contributed by atoms with van der Waals surface area (Å²) in [7, 11) is 0. The predicted octanol–water partition coefficient (Wildman–Crippen LogP) is 1.61. The molecule has 1 aliphatic carbocycles. The number of nitrogens with two attached hydrogens (primary N) is 1. The summed E-state index contributed by atoms with van der Waals surface area (Å²) in [6.45, 7) is 6.38. The summed E-state index contributed by atoms with van der Waals surface area (Å²) in [5, 5.41) is 0. The molecule has 0 bridgehead atoms. The fourth-order valence-electron chi connectivity index (χ4n) is 3.14. The summed E-state index contributed by atoms with van der Waals surface area (Å²) in [5.41, 5.74) is 6.30. The van der Waals surface area contributed by atoms with Crippen LogP contribution in [-0.4, -0.2) is 43.3 Å². The monoisotopic (exact) mass is 226 g/mol. The minimum absolute atomic E-state index is 0.390. The van der Waals surface area contributed by atoms with Crippen LogP contribution in [0.25, 0.3) is 0 Å². The van der Waals surface area contributed by atoms with Crippen LogP contribution in [0, 0.1) is 5.92 Å². The molecule has 1 aliphatic heterocycles. The Morgan fingerprint density at radius 1 is 1.25 bits per heavy atom. The lowest BCUT2D eigenvalue weighted by atomic mass is 9.80. The Morgan fingerprint density at radius 3 is 2.94 bits per heavy atom. The molecule has 0 aromatic carbocycles. The van der Waals surface area contributed by atoms with E-state index in [0.717, 1.165) is 25.7 Å². The second-order valence-electron chi connectivity index (χ2n) is 5.32. The van der Waals surface area contributed by atoms with Crippen molar-refractivity contribution >= 4 is 0 Å². The highest BCUT2D eigenvalue weighted by atomic mass is 16.5. The maximum atomic E-state index is 6.30. The number of ether oxygens (including phenoxy) is 1. The Hall–Kier alpha value is -0.120. The van der Waals surface area contributed by atoms with Gasteiger partial charge >= 0.3 is 0 Å². The van der Waals surface area contributed by atoms with Crippen LogP contribution in [-0.2, 0) is 4.74 Å². The van der Waals surface area contributed by atoms with Crippen LogP contribution in [0.5, 0.6) is 0 Å². The van der Waals surface area contributed by atoms with Gasteiger partial charge in [0.1, 0.15) is 0 Å². The molecule has 1 saturated carbocycles. The summed E-state index contributed by atoms with van der Waals surface area (Å²) >= 11 is 0. The first-order valence-corrected chi connectivity index (χ1v) is 6.88. The molecule has 1 heterocycles. The molecule has 3 unspecified atom stereocenters. The zero-order valence-electron chi connectivity index (χ0n) is 10.5. The van der Waals surface area contributed by atoms with Crippen LogP contribution in [0.4, 0.5) is 0 Å². The van der Waals surface area contributed by atoms with Crippen molar-refractivity contribution in [2.75, 3.05) is 26.3 Å². The van der Waals surface area contributed by atoms with E-state index in [4.69, 9.17) is 10.5 Å². The van der Waals surface area contributed by atoms with Gasteiger partial charge in [-0.25, -0.2) is 0 Å². The molecule has 3 atom stereocenters. The standard InChI is InChI=1S/C13H26N2O/c1-2-11-4-5-12(14)13(10-11)15-6-3-8-16-9-7-15/h11-13H,2-10,14H2,1H3. The van der Waals surface area contributed by atoms with Crippen molar-refractivity contribution in [3.63, 3.8) is 0 Å². The smallest absolute Gasteiger partial charge is 0.0593 e. The van der Waals surface area contributed by atoms with Gasteiger partial charge in [0.05, 0.1) is 6.61 Å². The summed E-state index contributed by atoms with van der Waals surface area (Å²) in [6, 6.07) is 1.00. The maximum absolute atomic E-state index is 6.30. The van der Waals surface area contributed by atoms with Crippen molar-refractivity contribution in [1.82, 2.24) is 4.90 Å². The first-order valence-electron chi connectivity index (χ1n) is 6.88. The molecule has 94 valence electrons. The zero-order valence-corrected chi connectivity index (χ0v) is 10.5. The van der Waals surface area contributed by atoms with Crippen LogP contribution >= 0.6 is 0 Å². The Kier molecular flexibility index (Phi) is 4.62. The topological polar surface area (TPSA) is 38.5 Å². The first kappa shape index (κ1) is 12.3. The largest absolute Gasteiger partial charge is 0.380 e. The zero-order chi connectivity index (χ0) is 11.4. The second kappa shape index (κ2) is 5.99. The molecule has 3 nitrogen and oxygen atoms in total. The van der Waals surface area contributed by atoms with Gasteiger partial charge in [0, 0.05) is 31.8 Å².